The zero-order valence-corrected chi connectivity index (χ0v) is 23.9. The van der Waals surface area contributed by atoms with Crippen LogP contribution >= 0.6 is 0 Å². The number of rotatable bonds is 6. The summed E-state index contributed by atoms with van der Waals surface area (Å²) < 4.78 is 128. The van der Waals surface area contributed by atoms with E-state index in [-0.39, 0.29) is 23.5 Å². The van der Waals surface area contributed by atoms with Gasteiger partial charge in [-0.1, -0.05) is 0 Å². The number of halogens is 9. The number of benzene rings is 1. The molecule has 0 aliphatic carbocycles. The van der Waals surface area contributed by atoms with Crippen LogP contribution in [0, 0.1) is 0 Å². The van der Waals surface area contributed by atoms with Gasteiger partial charge in [-0.15, -0.1) is 0 Å². The van der Waals surface area contributed by atoms with Gasteiger partial charge in [0, 0.05) is 37.2 Å². The van der Waals surface area contributed by atoms with Gasteiger partial charge in [0.25, 0.3) is 0 Å². The Morgan fingerprint density at radius 3 is 1.93 bits per heavy atom. The highest BCUT2D eigenvalue weighted by Crippen LogP contribution is 2.42. The minimum absolute atomic E-state index is 0.0282. The first-order chi connectivity index (χ1) is 19.7. The lowest BCUT2D eigenvalue weighted by Gasteiger charge is -2.42. The Kier molecular flexibility index (Phi) is 8.63. The largest absolute Gasteiger partial charge is 0.439 e. The number of amides is 1. The molecule has 0 radical (unpaired) electrons. The van der Waals surface area contributed by atoms with Gasteiger partial charge >= 0.3 is 24.6 Å². The lowest BCUT2D eigenvalue weighted by molar-refractivity contribution is -0.895. The van der Waals surface area contributed by atoms with Crippen LogP contribution in [0.25, 0.3) is 0 Å². The number of nitrogens with zero attached hydrogens (tertiary/aromatic N) is 4. The highest BCUT2D eigenvalue weighted by atomic mass is 19.4. The van der Waals surface area contributed by atoms with E-state index in [0.717, 1.165) is 41.4 Å². The summed E-state index contributed by atoms with van der Waals surface area (Å²) in [5.41, 5.74) is -4.72. The van der Waals surface area contributed by atoms with Crippen molar-refractivity contribution < 1.29 is 53.5 Å². The number of cyclic esters (lactones) is 1. The van der Waals surface area contributed by atoms with Crippen LogP contribution in [-0.4, -0.2) is 66.3 Å². The molecule has 2 unspecified atom stereocenters. The van der Waals surface area contributed by atoms with E-state index < -0.39 is 65.6 Å². The highest BCUT2D eigenvalue weighted by Gasteiger charge is 2.44. The predicted molar refractivity (Wildman–Crippen MR) is 138 cm³/mol. The van der Waals surface area contributed by atoms with Gasteiger partial charge in [-0.25, -0.2) is 9.78 Å². The van der Waals surface area contributed by atoms with Crippen molar-refractivity contribution in [2.75, 3.05) is 38.6 Å². The fraction of sp³-hybridized carbons (Fsp3) is 0.571. The van der Waals surface area contributed by atoms with Crippen molar-refractivity contribution in [3.05, 3.63) is 58.3 Å². The smallest absolute Gasteiger partial charge is 0.417 e. The molecule has 0 spiro atoms. The van der Waals surface area contributed by atoms with Gasteiger partial charge in [0.15, 0.2) is 0 Å². The molecular formula is C28H32F9N4O2+. The number of carbonyl (C=O) groups excluding carboxylic acids is 1. The Hall–Kier alpha value is -3.23. The number of hydrogen-bond donors (Lipinski definition) is 0. The third-order valence-corrected chi connectivity index (χ3v) is 8.13. The maximum Gasteiger partial charge on any atom is 0.417 e. The molecule has 2 aromatic rings. The lowest BCUT2D eigenvalue weighted by Crippen LogP contribution is -2.52. The summed E-state index contributed by atoms with van der Waals surface area (Å²) in [5, 5.41) is 0. The molecule has 43 heavy (non-hydrogen) atoms. The first-order valence-corrected chi connectivity index (χ1v) is 13.6. The summed E-state index contributed by atoms with van der Waals surface area (Å²) in [7, 11) is 4.15. The van der Waals surface area contributed by atoms with Crippen molar-refractivity contribution in [3.63, 3.8) is 0 Å². The predicted octanol–water partition coefficient (Wildman–Crippen LogP) is 7.29. The second kappa shape index (κ2) is 11.4. The molecule has 6 nitrogen and oxygen atoms in total. The normalized spacial score (nSPS) is 21.7. The van der Waals surface area contributed by atoms with Gasteiger partial charge in [0.2, 0.25) is 0 Å². The van der Waals surface area contributed by atoms with Crippen LogP contribution in [0.4, 0.5) is 50.1 Å². The Bertz CT molecular complexity index is 1300. The van der Waals surface area contributed by atoms with Crippen LogP contribution in [0.15, 0.2) is 30.5 Å². The molecule has 0 saturated carbocycles. The average molecular weight is 628 g/mol. The number of quaternary nitrogens is 1. The molecule has 1 aromatic carbocycles. The number of pyridine rings is 1. The summed E-state index contributed by atoms with van der Waals surface area (Å²) in [4.78, 5) is 20.0. The Balaban J connectivity index is 1.70. The quantitative estimate of drug-likeness (QED) is 0.250. The first kappa shape index (κ1) is 32.7. The van der Waals surface area contributed by atoms with E-state index >= 15 is 0 Å². The number of likely N-dealkylation sites (tertiary alicyclic amines) is 1. The van der Waals surface area contributed by atoms with Crippen molar-refractivity contribution in [1.82, 2.24) is 9.88 Å². The van der Waals surface area contributed by atoms with Crippen LogP contribution in [0.5, 0.6) is 0 Å². The molecule has 15 heteroatoms. The van der Waals surface area contributed by atoms with Crippen molar-refractivity contribution in [2.45, 2.75) is 70.0 Å². The van der Waals surface area contributed by atoms with Crippen LogP contribution in [-0.2, 0) is 29.8 Å². The fourth-order valence-electron chi connectivity index (χ4n) is 5.67. The van der Waals surface area contributed by atoms with Gasteiger partial charge in [-0.05, 0) is 43.7 Å². The van der Waals surface area contributed by atoms with Crippen LogP contribution < -0.4 is 4.90 Å². The van der Waals surface area contributed by atoms with Gasteiger partial charge in [-0.2, -0.15) is 39.5 Å². The Morgan fingerprint density at radius 2 is 1.44 bits per heavy atom. The molecular weight excluding hydrogens is 595 g/mol. The van der Waals surface area contributed by atoms with Crippen molar-refractivity contribution in [2.24, 2.45) is 0 Å². The molecule has 0 N–H and O–H groups in total. The average Bonchev–Trinajstić information content (AvgIpc) is 3.17. The van der Waals surface area contributed by atoms with Crippen LogP contribution in [0.1, 0.15) is 60.6 Å². The zero-order valence-electron chi connectivity index (χ0n) is 23.9. The molecule has 2 aliphatic rings. The number of carbonyl (C=O) groups is 1. The second-order valence-electron chi connectivity index (χ2n) is 11.6. The molecule has 2 aliphatic heterocycles. The highest BCUT2D eigenvalue weighted by molar-refractivity contribution is 5.71. The number of piperidine rings is 1. The maximum atomic E-state index is 13.7. The minimum atomic E-state index is -5.11. The standard InChI is InChI=1S/C28H32F9N4O2/c1-5-39(22-6-8-41(3,4)9-7-22)24-18(12-21(14-38-24)28(35,36)37)15-40-16(2)23(43-25(40)42)17-10-19(26(29,30)31)13-20(11-17)27(32,33)34/h10-14,16,22-23H,5-9,15H2,1-4H3/q+1. The third-order valence-electron chi connectivity index (χ3n) is 8.13. The summed E-state index contributed by atoms with van der Waals surface area (Å²) in [6.45, 7) is 4.76. The monoisotopic (exact) mass is 627 g/mol. The summed E-state index contributed by atoms with van der Waals surface area (Å²) in [6.07, 6.45) is -15.4. The van der Waals surface area contributed by atoms with E-state index in [9.17, 15) is 44.3 Å². The van der Waals surface area contributed by atoms with Gasteiger partial charge < -0.3 is 14.1 Å². The number of hydrogen-bond acceptors (Lipinski definition) is 4. The third kappa shape index (κ3) is 7.13. The van der Waals surface area contributed by atoms with Gasteiger partial charge in [0.05, 0.1) is 56.5 Å². The second-order valence-corrected chi connectivity index (χ2v) is 11.6. The van der Waals surface area contributed by atoms with E-state index in [1.54, 1.807) is 0 Å². The van der Waals surface area contributed by atoms with Gasteiger partial charge in [0.1, 0.15) is 11.9 Å². The molecule has 2 saturated heterocycles. The minimum Gasteiger partial charge on any atom is -0.439 e. The fourth-order valence-corrected chi connectivity index (χ4v) is 5.67. The van der Waals surface area contributed by atoms with Crippen molar-refractivity contribution in [1.29, 1.82) is 0 Å². The number of alkyl halides is 9. The van der Waals surface area contributed by atoms with Crippen molar-refractivity contribution in [3.8, 4) is 0 Å². The first-order valence-electron chi connectivity index (χ1n) is 13.6. The number of aromatic nitrogens is 1. The summed E-state index contributed by atoms with van der Waals surface area (Å²) in [6, 6.07) is 0.628. The topological polar surface area (TPSA) is 45.7 Å². The van der Waals surface area contributed by atoms with E-state index in [1.807, 2.05) is 11.8 Å². The summed E-state index contributed by atoms with van der Waals surface area (Å²) >= 11 is 0. The molecule has 4 rings (SSSR count). The molecule has 3 heterocycles. The number of ether oxygens (including phenoxy) is 1. The van der Waals surface area contributed by atoms with E-state index in [2.05, 4.69) is 19.1 Å². The SMILES string of the molecule is CCN(c1ncc(C(F)(F)F)cc1CN1C(=O)OC(c2cc(C(F)(F)F)cc(C(F)(F)F)c2)C1C)C1CC[N+](C)(C)CC1. The molecule has 1 aromatic heterocycles. The molecule has 2 fully saturated rings. The summed E-state index contributed by atoms with van der Waals surface area (Å²) in [5.74, 6) is 0.217. The van der Waals surface area contributed by atoms with E-state index in [4.69, 9.17) is 4.74 Å². The number of anilines is 1. The zero-order chi connectivity index (χ0) is 32.1. The van der Waals surface area contributed by atoms with Crippen LogP contribution in [0.3, 0.4) is 0 Å². The van der Waals surface area contributed by atoms with Crippen molar-refractivity contribution >= 4 is 11.9 Å². The molecule has 238 valence electrons. The van der Waals surface area contributed by atoms with Gasteiger partial charge in [-0.3, -0.25) is 4.90 Å². The Labute approximate surface area is 242 Å². The molecule has 0 bridgehead atoms. The Morgan fingerprint density at radius 1 is 0.907 bits per heavy atom. The van der Waals surface area contributed by atoms with E-state index in [0.29, 0.717) is 24.9 Å². The van der Waals surface area contributed by atoms with Crippen LogP contribution in [0.2, 0.25) is 0 Å². The lowest BCUT2D eigenvalue weighted by atomic mass is 9.97. The molecule has 1 amide bonds. The maximum absolute atomic E-state index is 13.7. The van der Waals surface area contributed by atoms with E-state index in [1.165, 1.54) is 6.92 Å². The molecule has 2 atom stereocenters.